The first-order chi connectivity index (χ1) is 13.8. The van der Waals surface area contributed by atoms with Crippen LogP contribution in [0.3, 0.4) is 0 Å². The van der Waals surface area contributed by atoms with Crippen molar-refractivity contribution in [3.63, 3.8) is 0 Å². The van der Waals surface area contributed by atoms with Gasteiger partial charge in [-0.15, -0.1) is 0 Å². The van der Waals surface area contributed by atoms with Crippen molar-refractivity contribution in [1.82, 2.24) is 9.38 Å². The average molecular weight is 360 g/mol. The molecule has 0 radical (unpaired) electrons. The van der Waals surface area contributed by atoms with Crippen LogP contribution in [0.15, 0.2) is 103 Å². The highest BCUT2D eigenvalue weighted by Crippen LogP contribution is 2.33. The molecule has 0 aliphatic rings. The Hall–Kier alpha value is -3.65. The van der Waals surface area contributed by atoms with E-state index < -0.39 is 0 Å². The Morgan fingerprint density at radius 1 is 0.607 bits per heavy atom. The number of hydrogen-bond acceptors (Lipinski definition) is 1. The fraction of sp³-hybridized carbons (Fsp3) is 0.0385. The molecule has 28 heavy (non-hydrogen) atoms. The van der Waals surface area contributed by atoms with Crippen molar-refractivity contribution in [3.8, 4) is 33.5 Å². The Labute approximate surface area is 164 Å². The highest BCUT2D eigenvalue weighted by atomic mass is 15.0. The zero-order chi connectivity index (χ0) is 18.9. The lowest BCUT2D eigenvalue weighted by Gasteiger charge is -2.11. The van der Waals surface area contributed by atoms with E-state index in [1.807, 2.05) is 6.07 Å². The van der Waals surface area contributed by atoms with Gasteiger partial charge in [-0.1, -0.05) is 84.9 Å². The van der Waals surface area contributed by atoms with E-state index >= 15 is 0 Å². The monoisotopic (exact) mass is 360 g/mol. The van der Waals surface area contributed by atoms with Crippen LogP contribution in [-0.4, -0.2) is 9.38 Å². The van der Waals surface area contributed by atoms with Crippen molar-refractivity contribution in [3.05, 3.63) is 109 Å². The number of benzene rings is 3. The molecule has 2 heteroatoms. The summed E-state index contributed by atoms with van der Waals surface area (Å²) in [7, 11) is 0. The molecule has 0 amide bonds. The smallest absolute Gasteiger partial charge is 0.145 e. The maximum Gasteiger partial charge on any atom is 0.145 e. The molecule has 0 atom stereocenters. The van der Waals surface area contributed by atoms with E-state index in [2.05, 4.69) is 109 Å². The van der Waals surface area contributed by atoms with Gasteiger partial charge in [-0.3, -0.25) is 0 Å². The maximum atomic E-state index is 5.00. The van der Waals surface area contributed by atoms with E-state index in [1.54, 1.807) is 0 Å². The summed E-state index contributed by atoms with van der Waals surface area (Å²) in [5, 5.41) is 0. The zero-order valence-corrected chi connectivity index (χ0v) is 15.7. The number of nitrogens with zero attached hydrogens (tertiary/aromatic N) is 2. The first-order valence-electron chi connectivity index (χ1n) is 9.49. The van der Waals surface area contributed by atoms with E-state index in [9.17, 15) is 0 Å². The Morgan fingerprint density at radius 2 is 1.25 bits per heavy atom. The molecule has 0 fully saturated rings. The number of hydrogen-bond donors (Lipinski definition) is 0. The molecule has 0 N–H and O–H groups in total. The third kappa shape index (κ3) is 2.89. The normalized spacial score (nSPS) is 11.0. The van der Waals surface area contributed by atoms with E-state index in [-0.39, 0.29) is 0 Å². The number of fused-ring (bicyclic) bond motifs is 1. The van der Waals surface area contributed by atoms with E-state index in [0.717, 1.165) is 22.5 Å². The lowest BCUT2D eigenvalue weighted by molar-refractivity contribution is 1.19. The first-order valence-corrected chi connectivity index (χ1v) is 9.49. The van der Waals surface area contributed by atoms with Gasteiger partial charge in [0.1, 0.15) is 5.65 Å². The molecule has 0 saturated carbocycles. The van der Waals surface area contributed by atoms with Crippen LogP contribution >= 0.6 is 0 Å². The van der Waals surface area contributed by atoms with Crippen LogP contribution in [0.2, 0.25) is 0 Å². The molecule has 0 unspecified atom stereocenters. The van der Waals surface area contributed by atoms with Gasteiger partial charge in [0, 0.05) is 23.5 Å². The quantitative estimate of drug-likeness (QED) is 0.352. The van der Waals surface area contributed by atoms with Crippen LogP contribution in [0.4, 0.5) is 0 Å². The van der Waals surface area contributed by atoms with E-state index in [4.69, 9.17) is 4.98 Å². The number of imidazole rings is 1. The van der Waals surface area contributed by atoms with E-state index in [1.165, 1.54) is 22.3 Å². The van der Waals surface area contributed by atoms with Gasteiger partial charge >= 0.3 is 0 Å². The molecule has 0 saturated heterocycles. The minimum atomic E-state index is 0.979. The maximum absolute atomic E-state index is 5.00. The number of aromatic nitrogens is 2. The van der Waals surface area contributed by atoms with Crippen molar-refractivity contribution >= 4 is 5.65 Å². The molecule has 2 heterocycles. The van der Waals surface area contributed by atoms with Gasteiger partial charge in [0.15, 0.2) is 0 Å². The second-order valence-electron chi connectivity index (χ2n) is 7.05. The minimum Gasteiger partial charge on any atom is -0.305 e. The van der Waals surface area contributed by atoms with Crippen LogP contribution in [-0.2, 0) is 0 Å². The summed E-state index contributed by atoms with van der Waals surface area (Å²) in [5.74, 6) is 0. The zero-order valence-electron chi connectivity index (χ0n) is 15.7. The molecule has 0 aliphatic heterocycles. The minimum absolute atomic E-state index is 0.979. The molecular formula is C26H20N2. The molecule has 0 bridgehead atoms. The van der Waals surface area contributed by atoms with Crippen LogP contribution in [0.5, 0.6) is 0 Å². The van der Waals surface area contributed by atoms with Gasteiger partial charge in [0.2, 0.25) is 0 Å². The van der Waals surface area contributed by atoms with Crippen molar-refractivity contribution in [2.45, 2.75) is 6.92 Å². The fourth-order valence-corrected chi connectivity index (χ4v) is 3.71. The molecule has 134 valence electrons. The summed E-state index contributed by atoms with van der Waals surface area (Å²) in [6.45, 7) is 2.15. The van der Waals surface area contributed by atoms with Crippen molar-refractivity contribution < 1.29 is 0 Å². The molecule has 0 aliphatic carbocycles. The van der Waals surface area contributed by atoms with Gasteiger partial charge in [-0.2, -0.15) is 0 Å². The van der Waals surface area contributed by atoms with Crippen LogP contribution < -0.4 is 0 Å². The average Bonchev–Trinajstić information content (AvgIpc) is 3.19. The van der Waals surface area contributed by atoms with Crippen LogP contribution in [0.25, 0.3) is 39.2 Å². The summed E-state index contributed by atoms with van der Waals surface area (Å²) < 4.78 is 2.16. The lowest BCUT2D eigenvalue weighted by atomic mass is 9.98. The molecule has 5 rings (SSSR count). The second-order valence-corrected chi connectivity index (χ2v) is 7.05. The predicted octanol–water partition coefficient (Wildman–Crippen LogP) is 6.64. The van der Waals surface area contributed by atoms with Crippen molar-refractivity contribution in [2.75, 3.05) is 0 Å². The second kappa shape index (κ2) is 6.82. The Kier molecular flexibility index (Phi) is 4.02. The number of pyridine rings is 1. The van der Waals surface area contributed by atoms with E-state index in [0.29, 0.717) is 0 Å². The fourth-order valence-electron chi connectivity index (χ4n) is 3.71. The lowest BCUT2D eigenvalue weighted by Crippen LogP contribution is -1.92. The predicted molar refractivity (Wildman–Crippen MR) is 116 cm³/mol. The standard InChI is InChI=1S/C26H20N2/c1-19-10-8-9-15-23(19)24-16-22(20-11-4-2-5-12-20)17-28-18-25(27-26(24)28)21-13-6-3-7-14-21/h2-18H,1H3. The van der Waals surface area contributed by atoms with Gasteiger partial charge in [0.25, 0.3) is 0 Å². The molecule has 2 aromatic heterocycles. The molecule has 3 aromatic carbocycles. The third-order valence-electron chi connectivity index (χ3n) is 5.16. The highest BCUT2D eigenvalue weighted by molar-refractivity contribution is 5.85. The highest BCUT2D eigenvalue weighted by Gasteiger charge is 2.13. The van der Waals surface area contributed by atoms with Crippen LogP contribution in [0.1, 0.15) is 5.56 Å². The molecular weight excluding hydrogens is 340 g/mol. The van der Waals surface area contributed by atoms with Gasteiger partial charge in [-0.05, 0) is 35.2 Å². The van der Waals surface area contributed by atoms with Crippen molar-refractivity contribution in [1.29, 1.82) is 0 Å². The largest absolute Gasteiger partial charge is 0.305 e. The Balaban J connectivity index is 1.80. The third-order valence-corrected chi connectivity index (χ3v) is 5.16. The molecule has 5 aromatic rings. The first kappa shape index (κ1) is 16.5. The Morgan fingerprint density at radius 3 is 1.96 bits per heavy atom. The van der Waals surface area contributed by atoms with Gasteiger partial charge in [-0.25, -0.2) is 4.98 Å². The van der Waals surface area contributed by atoms with Crippen molar-refractivity contribution in [2.24, 2.45) is 0 Å². The molecule has 2 nitrogen and oxygen atoms in total. The SMILES string of the molecule is Cc1ccccc1-c1cc(-c2ccccc2)cn2cc(-c3ccccc3)nc12. The molecule has 0 spiro atoms. The number of aryl methyl sites for hydroxylation is 1. The summed E-state index contributed by atoms with van der Waals surface area (Å²) in [6.07, 6.45) is 4.30. The Bertz CT molecular complexity index is 1250. The van der Waals surface area contributed by atoms with Gasteiger partial charge in [0.05, 0.1) is 5.69 Å². The van der Waals surface area contributed by atoms with Crippen LogP contribution in [0, 0.1) is 6.92 Å². The van der Waals surface area contributed by atoms with Gasteiger partial charge < -0.3 is 4.40 Å². The topological polar surface area (TPSA) is 17.3 Å². The summed E-state index contributed by atoms with van der Waals surface area (Å²) in [6, 6.07) is 31.6. The summed E-state index contributed by atoms with van der Waals surface area (Å²) >= 11 is 0. The summed E-state index contributed by atoms with van der Waals surface area (Å²) in [4.78, 5) is 5.00. The summed E-state index contributed by atoms with van der Waals surface area (Å²) in [5.41, 5.74) is 9.10. The number of rotatable bonds is 3.